The Kier molecular flexibility index (Phi) is 4.31. The maximum atomic E-state index is 14.1. The molecular weight excluding hydrogens is 349 g/mol. The van der Waals surface area contributed by atoms with Gasteiger partial charge in [0.1, 0.15) is 23.1 Å². The predicted molar refractivity (Wildman–Crippen MR) is 88.7 cm³/mol. The SMILES string of the molecule is CN1CCN(c2ccc(O)c(-c3ccc(Br)cc3F)n2)CC1. The van der Waals surface area contributed by atoms with Crippen LogP contribution in [0.1, 0.15) is 0 Å². The molecule has 3 rings (SSSR count). The van der Waals surface area contributed by atoms with Gasteiger partial charge in [-0.3, -0.25) is 0 Å². The van der Waals surface area contributed by atoms with Gasteiger partial charge in [0.05, 0.1) is 0 Å². The molecule has 2 heterocycles. The Balaban J connectivity index is 1.96. The molecule has 4 nitrogen and oxygen atoms in total. The summed E-state index contributed by atoms with van der Waals surface area (Å²) in [5, 5.41) is 10.1. The number of piperazine rings is 1. The molecule has 1 aliphatic heterocycles. The second-order valence-corrected chi connectivity index (χ2v) is 6.37. The Morgan fingerprint density at radius 1 is 1.14 bits per heavy atom. The van der Waals surface area contributed by atoms with Gasteiger partial charge in [0.15, 0.2) is 0 Å². The van der Waals surface area contributed by atoms with Crippen LogP contribution in [0.5, 0.6) is 5.75 Å². The number of aromatic nitrogens is 1. The van der Waals surface area contributed by atoms with Crippen molar-refractivity contribution in [1.82, 2.24) is 9.88 Å². The number of hydrogen-bond acceptors (Lipinski definition) is 4. The van der Waals surface area contributed by atoms with E-state index in [2.05, 4.69) is 37.8 Å². The monoisotopic (exact) mass is 365 g/mol. The van der Waals surface area contributed by atoms with E-state index in [1.807, 2.05) is 0 Å². The summed E-state index contributed by atoms with van der Waals surface area (Å²) in [7, 11) is 2.09. The first-order chi connectivity index (χ1) is 10.5. The molecule has 0 radical (unpaired) electrons. The summed E-state index contributed by atoms with van der Waals surface area (Å²) in [6.45, 7) is 3.67. The van der Waals surface area contributed by atoms with Crippen molar-refractivity contribution in [2.45, 2.75) is 0 Å². The summed E-state index contributed by atoms with van der Waals surface area (Å²) in [5.41, 5.74) is 0.582. The number of benzene rings is 1. The fraction of sp³-hybridized carbons (Fsp3) is 0.312. The molecule has 1 N–H and O–H groups in total. The normalized spacial score (nSPS) is 16.0. The quantitative estimate of drug-likeness (QED) is 0.887. The molecule has 0 unspecified atom stereocenters. The zero-order chi connectivity index (χ0) is 15.7. The molecule has 0 bridgehead atoms. The van der Waals surface area contributed by atoms with Gasteiger partial charge in [0.25, 0.3) is 0 Å². The number of pyridine rings is 1. The van der Waals surface area contributed by atoms with Gasteiger partial charge >= 0.3 is 0 Å². The second kappa shape index (κ2) is 6.22. The van der Waals surface area contributed by atoms with E-state index in [-0.39, 0.29) is 11.4 Å². The van der Waals surface area contributed by atoms with Gasteiger partial charge in [-0.15, -0.1) is 0 Å². The minimum absolute atomic E-state index is 0.0147. The molecule has 22 heavy (non-hydrogen) atoms. The number of halogens is 2. The van der Waals surface area contributed by atoms with Crippen LogP contribution in [-0.2, 0) is 0 Å². The number of anilines is 1. The van der Waals surface area contributed by atoms with Crippen LogP contribution in [0.4, 0.5) is 10.2 Å². The van der Waals surface area contributed by atoms with E-state index in [1.54, 1.807) is 24.3 Å². The number of likely N-dealkylation sites (N-methyl/N-ethyl adjacent to an activating group) is 1. The van der Waals surface area contributed by atoms with E-state index in [0.29, 0.717) is 10.0 Å². The van der Waals surface area contributed by atoms with Crippen molar-refractivity contribution in [3.05, 3.63) is 40.6 Å². The molecular formula is C16H17BrFN3O. The van der Waals surface area contributed by atoms with Crippen molar-refractivity contribution in [1.29, 1.82) is 0 Å². The first-order valence-corrected chi connectivity index (χ1v) is 7.93. The Hall–Kier alpha value is -1.66. The van der Waals surface area contributed by atoms with Crippen LogP contribution in [-0.4, -0.2) is 48.2 Å². The highest BCUT2D eigenvalue weighted by atomic mass is 79.9. The molecule has 1 fully saturated rings. The lowest BCUT2D eigenvalue weighted by Gasteiger charge is -2.33. The Morgan fingerprint density at radius 3 is 2.55 bits per heavy atom. The smallest absolute Gasteiger partial charge is 0.142 e. The lowest BCUT2D eigenvalue weighted by Crippen LogP contribution is -2.44. The Bertz CT molecular complexity index is 687. The molecule has 0 atom stereocenters. The van der Waals surface area contributed by atoms with Gasteiger partial charge in [0, 0.05) is 36.2 Å². The standard InChI is InChI=1S/C16H17BrFN3O/c1-20-6-8-21(9-7-20)15-5-4-14(22)16(19-15)12-3-2-11(17)10-13(12)18/h2-5,10,22H,6-9H2,1H3. The average molecular weight is 366 g/mol. The molecule has 2 aromatic rings. The van der Waals surface area contributed by atoms with Crippen LogP contribution in [0.25, 0.3) is 11.3 Å². The summed E-state index contributed by atoms with van der Waals surface area (Å²) in [6, 6.07) is 8.09. The Morgan fingerprint density at radius 2 is 1.86 bits per heavy atom. The maximum Gasteiger partial charge on any atom is 0.142 e. The van der Waals surface area contributed by atoms with E-state index < -0.39 is 5.82 Å². The molecule has 0 amide bonds. The molecule has 116 valence electrons. The average Bonchev–Trinajstić information content (AvgIpc) is 2.49. The highest BCUT2D eigenvalue weighted by molar-refractivity contribution is 9.10. The van der Waals surface area contributed by atoms with E-state index in [9.17, 15) is 9.50 Å². The van der Waals surface area contributed by atoms with Gasteiger partial charge in [-0.05, 0) is 37.4 Å². The summed E-state index contributed by atoms with van der Waals surface area (Å²) in [6.07, 6.45) is 0. The second-order valence-electron chi connectivity index (χ2n) is 5.45. The highest BCUT2D eigenvalue weighted by Gasteiger charge is 2.18. The summed E-state index contributed by atoms with van der Waals surface area (Å²) < 4.78 is 14.8. The topological polar surface area (TPSA) is 39.6 Å². The summed E-state index contributed by atoms with van der Waals surface area (Å²) >= 11 is 3.23. The van der Waals surface area contributed by atoms with Crippen molar-refractivity contribution >= 4 is 21.7 Å². The van der Waals surface area contributed by atoms with Crippen LogP contribution in [0.3, 0.4) is 0 Å². The third-order valence-electron chi connectivity index (χ3n) is 3.87. The zero-order valence-electron chi connectivity index (χ0n) is 12.3. The lowest BCUT2D eigenvalue weighted by atomic mass is 10.1. The molecule has 0 aliphatic carbocycles. The molecule has 0 spiro atoms. The first-order valence-electron chi connectivity index (χ1n) is 7.13. The van der Waals surface area contributed by atoms with Gasteiger partial charge in [-0.2, -0.15) is 0 Å². The highest BCUT2D eigenvalue weighted by Crippen LogP contribution is 2.32. The van der Waals surface area contributed by atoms with Crippen molar-refractivity contribution in [3.63, 3.8) is 0 Å². The molecule has 1 aromatic heterocycles. The molecule has 1 saturated heterocycles. The van der Waals surface area contributed by atoms with Crippen molar-refractivity contribution in [3.8, 4) is 17.0 Å². The third kappa shape index (κ3) is 3.08. The van der Waals surface area contributed by atoms with E-state index in [4.69, 9.17) is 0 Å². The maximum absolute atomic E-state index is 14.1. The van der Waals surface area contributed by atoms with Gasteiger partial charge in [-0.1, -0.05) is 15.9 Å². The number of rotatable bonds is 2. The van der Waals surface area contributed by atoms with Crippen LogP contribution >= 0.6 is 15.9 Å². The van der Waals surface area contributed by atoms with Gasteiger partial charge in [-0.25, -0.2) is 9.37 Å². The van der Waals surface area contributed by atoms with Gasteiger partial charge < -0.3 is 14.9 Å². The molecule has 1 aromatic carbocycles. The fourth-order valence-corrected chi connectivity index (χ4v) is 2.87. The van der Waals surface area contributed by atoms with Crippen molar-refractivity contribution in [2.24, 2.45) is 0 Å². The fourth-order valence-electron chi connectivity index (χ4n) is 2.53. The summed E-state index contributed by atoms with van der Waals surface area (Å²) in [4.78, 5) is 8.89. The van der Waals surface area contributed by atoms with Crippen LogP contribution in [0.15, 0.2) is 34.8 Å². The number of aromatic hydroxyl groups is 1. The largest absolute Gasteiger partial charge is 0.506 e. The number of hydrogen-bond donors (Lipinski definition) is 1. The van der Waals surface area contributed by atoms with Crippen LogP contribution < -0.4 is 4.90 Å². The zero-order valence-corrected chi connectivity index (χ0v) is 13.8. The lowest BCUT2D eigenvalue weighted by molar-refractivity contribution is 0.312. The van der Waals surface area contributed by atoms with Crippen molar-refractivity contribution in [2.75, 3.05) is 38.1 Å². The third-order valence-corrected chi connectivity index (χ3v) is 4.37. The van der Waals surface area contributed by atoms with Crippen molar-refractivity contribution < 1.29 is 9.50 Å². The predicted octanol–water partition coefficient (Wildman–Crippen LogP) is 3.11. The van der Waals surface area contributed by atoms with Gasteiger partial charge in [0.2, 0.25) is 0 Å². The first kappa shape index (κ1) is 15.2. The van der Waals surface area contributed by atoms with E-state index >= 15 is 0 Å². The number of nitrogens with zero attached hydrogens (tertiary/aromatic N) is 3. The summed E-state index contributed by atoms with van der Waals surface area (Å²) in [5.74, 6) is 0.343. The molecule has 6 heteroatoms. The van der Waals surface area contributed by atoms with E-state index in [0.717, 1.165) is 32.0 Å². The Labute approximate surface area is 137 Å². The molecule has 0 saturated carbocycles. The molecule has 1 aliphatic rings. The van der Waals surface area contributed by atoms with Crippen LogP contribution in [0.2, 0.25) is 0 Å². The van der Waals surface area contributed by atoms with Crippen LogP contribution in [0, 0.1) is 5.82 Å². The van der Waals surface area contributed by atoms with E-state index in [1.165, 1.54) is 6.07 Å². The minimum Gasteiger partial charge on any atom is -0.506 e. The minimum atomic E-state index is -0.410.